The normalized spacial score (nSPS) is 20.6. The smallest absolute Gasteiger partial charge is 0.257 e. The third kappa shape index (κ3) is 4.73. The van der Waals surface area contributed by atoms with E-state index >= 15 is 0 Å². The van der Waals surface area contributed by atoms with Gasteiger partial charge in [0.1, 0.15) is 0 Å². The maximum absolute atomic E-state index is 12.8. The van der Waals surface area contributed by atoms with Gasteiger partial charge in [0.15, 0.2) is 5.17 Å². The number of piperazine rings is 1. The molecule has 174 valence electrons. The molecule has 1 saturated heterocycles. The number of nitrogens with zero attached hydrogens (tertiary/aromatic N) is 4. The third-order valence-electron chi connectivity index (χ3n) is 6.35. The standard InChI is InChI=1S/C23H27N5O3S2/c1-17(26-9-11-27(12-10-26)19-5-3-2-4-6-19)16-24-22(29)18-7-8-20-21(15-18)32-23-25-33(30,31)14-13-28(20)23/h2-8,15,17H,9-14,16H2,1H3,(H,24,29). The van der Waals surface area contributed by atoms with E-state index in [1.54, 1.807) is 6.07 Å². The molecule has 3 aliphatic rings. The number of fused-ring (bicyclic) bond motifs is 3. The topological polar surface area (TPSA) is 85.3 Å². The Bertz CT molecular complexity index is 1180. The van der Waals surface area contributed by atoms with Crippen molar-refractivity contribution in [2.75, 3.05) is 54.8 Å². The number of benzene rings is 2. The van der Waals surface area contributed by atoms with E-state index in [4.69, 9.17) is 0 Å². The Morgan fingerprint density at radius 2 is 1.85 bits per heavy atom. The Morgan fingerprint density at radius 3 is 2.61 bits per heavy atom. The summed E-state index contributed by atoms with van der Waals surface area (Å²) in [6, 6.07) is 16.2. The number of sulfonamides is 1. The summed E-state index contributed by atoms with van der Waals surface area (Å²) >= 11 is 1.30. The second kappa shape index (κ2) is 9.00. The molecule has 3 heterocycles. The molecule has 0 saturated carbocycles. The van der Waals surface area contributed by atoms with Gasteiger partial charge in [0, 0.05) is 61.5 Å². The number of para-hydroxylation sites is 1. The summed E-state index contributed by atoms with van der Waals surface area (Å²) in [6.07, 6.45) is 0. The van der Waals surface area contributed by atoms with E-state index in [1.807, 2.05) is 23.1 Å². The Hall–Kier alpha value is -2.56. The van der Waals surface area contributed by atoms with Crippen molar-refractivity contribution in [2.45, 2.75) is 17.9 Å². The van der Waals surface area contributed by atoms with Gasteiger partial charge in [-0.05, 0) is 49.0 Å². The number of nitrogens with one attached hydrogen (secondary N) is 1. The van der Waals surface area contributed by atoms with Gasteiger partial charge in [0.05, 0.1) is 11.4 Å². The number of carbonyl (C=O) groups is 1. The summed E-state index contributed by atoms with van der Waals surface area (Å²) < 4.78 is 27.5. The van der Waals surface area contributed by atoms with Crippen molar-refractivity contribution in [1.29, 1.82) is 0 Å². The maximum Gasteiger partial charge on any atom is 0.257 e. The number of carbonyl (C=O) groups excluding carboxylic acids is 1. The number of anilines is 2. The molecule has 3 aliphatic heterocycles. The second-order valence-corrected chi connectivity index (χ2v) is 11.3. The first-order valence-electron chi connectivity index (χ1n) is 11.1. The van der Waals surface area contributed by atoms with Gasteiger partial charge in [0.2, 0.25) is 0 Å². The lowest BCUT2D eigenvalue weighted by molar-refractivity contribution is 0.0934. The lowest BCUT2D eigenvalue weighted by Crippen LogP contribution is -2.52. The lowest BCUT2D eigenvalue weighted by atomic mass is 10.1. The van der Waals surface area contributed by atoms with Crippen LogP contribution in [-0.2, 0) is 10.0 Å². The Morgan fingerprint density at radius 1 is 1.09 bits per heavy atom. The second-order valence-electron chi connectivity index (χ2n) is 8.51. The number of hydrogen-bond acceptors (Lipinski definition) is 7. The van der Waals surface area contributed by atoms with Crippen LogP contribution in [0.25, 0.3) is 0 Å². The average molecular weight is 486 g/mol. The number of amidine groups is 1. The van der Waals surface area contributed by atoms with Crippen molar-refractivity contribution in [3.8, 4) is 0 Å². The third-order valence-corrected chi connectivity index (χ3v) is 8.66. The Kier molecular flexibility index (Phi) is 6.07. The number of rotatable bonds is 5. The van der Waals surface area contributed by atoms with Crippen LogP contribution in [0, 0.1) is 0 Å². The lowest BCUT2D eigenvalue weighted by Gasteiger charge is -2.39. The highest BCUT2D eigenvalue weighted by molar-refractivity contribution is 8.15. The first-order chi connectivity index (χ1) is 15.9. The van der Waals surface area contributed by atoms with Crippen molar-refractivity contribution in [2.24, 2.45) is 4.40 Å². The molecule has 0 spiro atoms. The molecule has 0 bridgehead atoms. The summed E-state index contributed by atoms with van der Waals surface area (Å²) in [6.45, 7) is 6.98. The molecule has 10 heteroatoms. The van der Waals surface area contributed by atoms with Crippen LogP contribution in [0.1, 0.15) is 17.3 Å². The van der Waals surface area contributed by atoms with Crippen LogP contribution in [0.4, 0.5) is 11.4 Å². The van der Waals surface area contributed by atoms with Crippen molar-refractivity contribution in [3.63, 3.8) is 0 Å². The molecule has 2 aromatic rings. The zero-order valence-electron chi connectivity index (χ0n) is 18.5. The zero-order valence-corrected chi connectivity index (χ0v) is 20.1. The van der Waals surface area contributed by atoms with Crippen molar-refractivity contribution < 1.29 is 13.2 Å². The average Bonchev–Trinajstić information content (AvgIpc) is 3.18. The van der Waals surface area contributed by atoms with Gasteiger partial charge in [0.25, 0.3) is 15.9 Å². The molecule has 33 heavy (non-hydrogen) atoms. The molecule has 1 unspecified atom stereocenters. The predicted octanol–water partition coefficient (Wildman–Crippen LogP) is 2.24. The number of hydrogen-bond donors (Lipinski definition) is 1. The summed E-state index contributed by atoms with van der Waals surface area (Å²) in [4.78, 5) is 20.4. The number of thioether (sulfide) groups is 1. The fraction of sp³-hybridized carbons (Fsp3) is 0.391. The fourth-order valence-electron chi connectivity index (χ4n) is 4.40. The van der Waals surface area contributed by atoms with Gasteiger partial charge < -0.3 is 15.1 Å². The summed E-state index contributed by atoms with van der Waals surface area (Å²) in [7, 11) is -3.39. The van der Waals surface area contributed by atoms with E-state index in [-0.39, 0.29) is 17.7 Å². The van der Waals surface area contributed by atoms with Crippen LogP contribution in [0.5, 0.6) is 0 Å². The van der Waals surface area contributed by atoms with Crippen LogP contribution in [-0.4, -0.2) is 75.5 Å². The fourth-order valence-corrected chi connectivity index (χ4v) is 6.70. The molecule has 1 N–H and O–H groups in total. The van der Waals surface area contributed by atoms with Crippen LogP contribution < -0.4 is 15.1 Å². The molecule has 2 aromatic carbocycles. The molecule has 1 fully saturated rings. The maximum atomic E-state index is 12.8. The first kappa shape index (κ1) is 22.2. The summed E-state index contributed by atoms with van der Waals surface area (Å²) in [5.41, 5.74) is 2.74. The minimum absolute atomic E-state index is 0.0102. The monoisotopic (exact) mass is 485 g/mol. The van der Waals surface area contributed by atoms with E-state index in [0.717, 1.165) is 36.8 Å². The van der Waals surface area contributed by atoms with Crippen molar-refractivity contribution in [1.82, 2.24) is 10.2 Å². The molecular weight excluding hydrogens is 458 g/mol. The van der Waals surface area contributed by atoms with E-state index in [0.29, 0.717) is 23.8 Å². The Balaban J connectivity index is 1.16. The zero-order chi connectivity index (χ0) is 23.0. The molecule has 0 radical (unpaired) electrons. The highest BCUT2D eigenvalue weighted by atomic mass is 32.2. The van der Waals surface area contributed by atoms with Crippen molar-refractivity contribution in [3.05, 3.63) is 54.1 Å². The molecule has 1 atom stereocenters. The van der Waals surface area contributed by atoms with Crippen LogP contribution in [0.15, 0.2) is 57.8 Å². The van der Waals surface area contributed by atoms with Gasteiger partial charge >= 0.3 is 0 Å². The van der Waals surface area contributed by atoms with E-state index in [2.05, 4.69) is 50.7 Å². The molecule has 8 nitrogen and oxygen atoms in total. The van der Waals surface area contributed by atoms with Gasteiger partial charge in [-0.25, -0.2) is 8.42 Å². The van der Waals surface area contributed by atoms with E-state index < -0.39 is 10.0 Å². The van der Waals surface area contributed by atoms with Gasteiger partial charge in [-0.3, -0.25) is 9.69 Å². The summed E-state index contributed by atoms with van der Waals surface area (Å²) in [5, 5.41) is 3.53. The van der Waals surface area contributed by atoms with Gasteiger partial charge in [-0.1, -0.05) is 18.2 Å². The molecule has 1 amide bonds. The quantitative estimate of drug-likeness (QED) is 0.695. The number of amides is 1. The van der Waals surface area contributed by atoms with E-state index in [1.165, 1.54) is 17.4 Å². The Labute approximate surface area is 198 Å². The SMILES string of the molecule is CC(CNC(=O)c1ccc2c(c1)SC1=NS(=O)(=O)CCN12)N1CCN(c2ccccc2)CC1. The van der Waals surface area contributed by atoms with E-state index in [9.17, 15) is 13.2 Å². The van der Waals surface area contributed by atoms with Crippen LogP contribution in [0.3, 0.4) is 0 Å². The first-order valence-corrected chi connectivity index (χ1v) is 13.6. The van der Waals surface area contributed by atoms with Gasteiger partial charge in [-0.2, -0.15) is 0 Å². The molecule has 5 rings (SSSR count). The van der Waals surface area contributed by atoms with Crippen molar-refractivity contribution >= 4 is 44.2 Å². The molecule has 0 aliphatic carbocycles. The molecular formula is C23H27N5O3S2. The van der Waals surface area contributed by atoms with Crippen LogP contribution in [0.2, 0.25) is 0 Å². The minimum atomic E-state index is -3.39. The molecule has 0 aromatic heterocycles. The predicted molar refractivity (Wildman–Crippen MR) is 133 cm³/mol. The largest absolute Gasteiger partial charge is 0.369 e. The highest BCUT2D eigenvalue weighted by Gasteiger charge is 2.33. The summed E-state index contributed by atoms with van der Waals surface area (Å²) in [5.74, 6) is -0.108. The van der Waals surface area contributed by atoms with Crippen LogP contribution >= 0.6 is 11.8 Å². The minimum Gasteiger partial charge on any atom is -0.369 e. The highest BCUT2D eigenvalue weighted by Crippen LogP contribution is 2.42. The van der Waals surface area contributed by atoms with Gasteiger partial charge in [-0.15, -0.1) is 4.40 Å².